The van der Waals surface area contributed by atoms with Crippen molar-refractivity contribution in [3.8, 4) is 23.5 Å². The number of benzene rings is 2. The van der Waals surface area contributed by atoms with Crippen molar-refractivity contribution in [1.29, 1.82) is 0 Å². The summed E-state index contributed by atoms with van der Waals surface area (Å²) in [5, 5.41) is 8.09. The van der Waals surface area contributed by atoms with Crippen molar-refractivity contribution in [3.63, 3.8) is 0 Å². The molecule has 0 aliphatic rings. The van der Waals surface area contributed by atoms with Crippen molar-refractivity contribution in [3.05, 3.63) is 67.5 Å². The van der Waals surface area contributed by atoms with Gasteiger partial charge < -0.3 is 15.0 Å². The predicted octanol–water partition coefficient (Wildman–Crippen LogP) is 3.59. The lowest BCUT2D eigenvalue weighted by molar-refractivity contribution is -0.113. The summed E-state index contributed by atoms with van der Waals surface area (Å²) >= 11 is 0. The van der Waals surface area contributed by atoms with Crippen LogP contribution < -0.4 is 15.0 Å². The summed E-state index contributed by atoms with van der Waals surface area (Å²) in [6.45, 7) is 1.63. The first kappa shape index (κ1) is 20.8. The van der Waals surface area contributed by atoms with Crippen molar-refractivity contribution in [1.82, 2.24) is 29.5 Å². The third-order valence-corrected chi connectivity index (χ3v) is 5.03. The molecule has 1 N–H and O–H groups in total. The number of fused-ring (bicyclic) bond motifs is 2. The SMILES string of the molecule is CC#CC(=O)N(C)c1ccc2ncnc(Nc3ccc(Oc4cc5ncnn5cn4)cc3)c2c1. The smallest absolute Gasteiger partial charge is 0.302 e. The van der Waals surface area contributed by atoms with Crippen molar-refractivity contribution in [2.24, 2.45) is 0 Å². The van der Waals surface area contributed by atoms with Gasteiger partial charge in [-0.25, -0.2) is 24.5 Å². The van der Waals surface area contributed by atoms with E-state index >= 15 is 0 Å². The molecule has 2 aromatic carbocycles. The number of amides is 1. The number of nitrogens with zero attached hydrogens (tertiary/aromatic N) is 7. The number of rotatable bonds is 5. The zero-order valence-corrected chi connectivity index (χ0v) is 18.3. The quantitative estimate of drug-likeness (QED) is 0.405. The van der Waals surface area contributed by atoms with Gasteiger partial charge in [0.25, 0.3) is 0 Å². The van der Waals surface area contributed by atoms with Gasteiger partial charge >= 0.3 is 5.91 Å². The minimum absolute atomic E-state index is 0.290. The maximum absolute atomic E-state index is 12.2. The summed E-state index contributed by atoms with van der Waals surface area (Å²) in [5.41, 5.74) is 2.89. The van der Waals surface area contributed by atoms with E-state index in [9.17, 15) is 4.79 Å². The van der Waals surface area contributed by atoms with Gasteiger partial charge in [-0.05, 0) is 55.3 Å². The number of aromatic nitrogens is 6. The second-order valence-electron chi connectivity index (χ2n) is 7.20. The third kappa shape index (κ3) is 4.18. The Hall–Kier alpha value is -5.04. The molecule has 0 atom stereocenters. The molecule has 34 heavy (non-hydrogen) atoms. The van der Waals surface area contributed by atoms with Crippen molar-refractivity contribution >= 4 is 39.6 Å². The number of hydrogen-bond acceptors (Lipinski definition) is 8. The molecule has 166 valence electrons. The van der Waals surface area contributed by atoms with Gasteiger partial charge in [0.15, 0.2) is 5.65 Å². The number of carbonyl (C=O) groups excluding carboxylic acids is 1. The molecule has 10 nitrogen and oxygen atoms in total. The molecular weight excluding hydrogens is 432 g/mol. The average molecular weight is 450 g/mol. The fraction of sp³-hybridized carbons (Fsp3) is 0.0833. The minimum atomic E-state index is -0.290. The van der Waals surface area contributed by atoms with Crippen LogP contribution in [-0.4, -0.2) is 42.5 Å². The highest BCUT2D eigenvalue weighted by molar-refractivity contribution is 6.06. The van der Waals surface area contributed by atoms with E-state index in [1.165, 1.54) is 17.6 Å². The fourth-order valence-corrected chi connectivity index (χ4v) is 3.29. The molecule has 0 fully saturated rings. The molecule has 0 saturated heterocycles. The predicted molar refractivity (Wildman–Crippen MR) is 127 cm³/mol. The van der Waals surface area contributed by atoms with Crippen LogP contribution in [0.2, 0.25) is 0 Å². The number of anilines is 3. The first-order valence-electron chi connectivity index (χ1n) is 10.3. The molecule has 3 heterocycles. The number of hydrogen-bond donors (Lipinski definition) is 1. The van der Waals surface area contributed by atoms with E-state index in [1.807, 2.05) is 42.5 Å². The molecular formula is C24H18N8O2. The Morgan fingerprint density at radius 1 is 1.03 bits per heavy atom. The highest BCUT2D eigenvalue weighted by Crippen LogP contribution is 2.28. The first-order valence-corrected chi connectivity index (χ1v) is 10.3. The van der Waals surface area contributed by atoms with Crippen LogP contribution in [0, 0.1) is 11.8 Å². The Morgan fingerprint density at radius 3 is 2.71 bits per heavy atom. The molecule has 0 aliphatic heterocycles. The van der Waals surface area contributed by atoms with Gasteiger partial charge in [-0.2, -0.15) is 5.10 Å². The highest BCUT2D eigenvalue weighted by atomic mass is 16.5. The zero-order chi connectivity index (χ0) is 23.5. The van der Waals surface area contributed by atoms with Gasteiger partial charge in [-0.1, -0.05) is 5.92 Å². The molecule has 5 rings (SSSR count). The normalized spacial score (nSPS) is 10.5. The number of nitrogens with one attached hydrogen (secondary N) is 1. The fourth-order valence-electron chi connectivity index (χ4n) is 3.29. The van der Waals surface area contributed by atoms with Gasteiger partial charge in [0.05, 0.1) is 5.52 Å². The van der Waals surface area contributed by atoms with Gasteiger partial charge in [0.1, 0.15) is 30.5 Å². The Balaban J connectivity index is 1.37. The van der Waals surface area contributed by atoms with Crippen LogP contribution in [0.1, 0.15) is 6.92 Å². The summed E-state index contributed by atoms with van der Waals surface area (Å²) in [6, 6.07) is 14.6. The Bertz CT molecular complexity index is 1570. The first-order chi connectivity index (χ1) is 16.6. The molecule has 0 radical (unpaired) electrons. The molecule has 5 aromatic rings. The Kier molecular flexibility index (Phi) is 5.42. The second-order valence-corrected chi connectivity index (χ2v) is 7.20. The van der Waals surface area contributed by atoms with Gasteiger partial charge in [0, 0.05) is 29.9 Å². The lowest BCUT2D eigenvalue weighted by atomic mass is 10.2. The maximum atomic E-state index is 12.2. The molecule has 1 amide bonds. The Labute approximate surface area is 194 Å². The van der Waals surface area contributed by atoms with Crippen LogP contribution in [-0.2, 0) is 4.79 Å². The van der Waals surface area contributed by atoms with Crippen LogP contribution in [0.25, 0.3) is 16.6 Å². The van der Waals surface area contributed by atoms with Crippen LogP contribution in [0.5, 0.6) is 11.6 Å². The summed E-state index contributed by atoms with van der Waals surface area (Å²) in [6.07, 6.45) is 4.49. The summed E-state index contributed by atoms with van der Waals surface area (Å²) in [5.74, 6) is 6.53. The van der Waals surface area contributed by atoms with Gasteiger partial charge in [-0.3, -0.25) is 4.79 Å². The van der Waals surface area contributed by atoms with E-state index in [2.05, 4.69) is 42.2 Å². The molecule has 0 saturated carbocycles. The molecule has 3 aromatic heterocycles. The van der Waals surface area contributed by atoms with Crippen LogP contribution in [0.15, 0.2) is 67.5 Å². The van der Waals surface area contributed by atoms with E-state index < -0.39 is 0 Å². The van der Waals surface area contributed by atoms with E-state index in [1.54, 1.807) is 30.9 Å². The topological polar surface area (TPSA) is 110 Å². The summed E-state index contributed by atoms with van der Waals surface area (Å²) < 4.78 is 7.38. The summed E-state index contributed by atoms with van der Waals surface area (Å²) in [4.78, 5) is 30.7. The third-order valence-electron chi connectivity index (χ3n) is 5.03. The van der Waals surface area contributed by atoms with E-state index in [0.29, 0.717) is 28.8 Å². The van der Waals surface area contributed by atoms with E-state index in [4.69, 9.17) is 4.74 Å². The maximum Gasteiger partial charge on any atom is 0.302 e. The van der Waals surface area contributed by atoms with Crippen LogP contribution in [0.3, 0.4) is 0 Å². The lowest BCUT2D eigenvalue weighted by Gasteiger charge is -2.16. The number of ether oxygens (including phenoxy) is 1. The molecule has 0 unspecified atom stereocenters. The number of carbonyl (C=O) groups is 1. The van der Waals surface area contributed by atoms with E-state index in [-0.39, 0.29) is 5.91 Å². The minimum Gasteiger partial charge on any atom is -0.439 e. The van der Waals surface area contributed by atoms with Gasteiger partial charge in [-0.15, -0.1) is 0 Å². The summed E-state index contributed by atoms with van der Waals surface area (Å²) in [7, 11) is 1.68. The average Bonchev–Trinajstić information content (AvgIpc) is 3.33. The highest BCUT2D eigenvalue weighted by Gasteiger charge is 2.12. The van der Waals surface area contributed by atoms with E-state index in [0.717, 1.165) is 16.6 Å². The van der Waals surface area contributed by atoms with Gasteiger partial charge in [0.2, 0.25) is 5.88 Å². The standard InChI is InChI=1S/C24H18N8O2/c1-3-4-23(33)31(2)17-7-10-20-19(11-17)24(27-13-25-20)30-16-5-8-18(9-6-16)34-22-12-21-26-14-29-32(21)15-28-22/h5-15H,1-2H3,(H,25,27,30). The van der Waals surface area contributed by atoms with Crippen molar-refractivity contribution in [2.75, 3.05) is 17.3 Å². The lowest BCUT2D eigenvalue weighted by Crippen LogP contribution is -2.24. The molecule has 0 bridgehead atoms. The second kappa shape index (κ2) is 8.84. The zero-order valence-electron chi connectivity index (χ0n) is 18.3. The largest absolute Gasteiger partial charge is 0.439 e. The van der Waals surface area contributed by atoms with Crippen LogP contribution in [0.4, 0.5) is 17.2 Å². The monoisotopic (exact) mass is 450 g/mol. The van der Waals surface area contributed by atoms with Crippen LogP contribution >= 0.6 is 0 Å². The molecule has 10 heteroatoms. The van der Waals surface area contributed by atoms with Crippen molar-refractivity contribution in [2.45, 2.75) is 6.92 Å². The molecule has 0 spiro atoms. The Morgan fingerprint density at radius 2 is 1.88 bits per heavy atom. The molecule has 0 aliphatic carbocycles. The van der Waals surface area contributed by atoms with Crippen molar-refractivity contribution < 1.29 is 9.53 Å².